The van der Waals surface area contributed by atoms with E-state index in [9.17, 15) is 0 Å². The third-order valence-corrected chi connectivity index (χ3v) is 5.77. The van der Waals surface area contributed by atoms with E-state index in [1.54, 1.807) is 0 Å². The number of fused-ring (bicyclic) bond motifs is 1. The third kappa shape index (κ3) is 4.87. The van der Waals surface area contributed by atoms with Gasteiger partial charge >= 0.3 is 0 Å². The van der Waals surface area contributed by atoms with Crippen LogP contribution >= 0.6 is 0 Å². The zero-order valence-corrected chi connectivity index (χ0v) is 18.4. The van der Waals surface area contributed by atoms with E-state index in [1.807, 2.05) is 36.7 Å². The maximum Gasteiger partial charge on any atom is 0.192 e. The molecule has 4 rings (SSSR count). The van der Waals surface area contributed by atoms with Crippen LogP contribution in [0.5, 0.6) is 5.75 Å². The molecule has 1 aliphatic heterocycles. The van der Waals surface area contributed by atoms with Crippen molar-refractivity contribution in [2.24, 2.45) is 12.0 Å². The highest BCUT2D eigenvalue weighted by atomic mass is 16.5. The van der Waals surface area contributed by atoms with Crippen molar-refractivity contribution in [1.29, 1.82) is 0 Å². The monoisotopic (exact) mass is 418 g/mol. The van der Waals surface area contributed by atoms with Crippen LogP contribution in [0.2, 0.25) is 0 Å². The molecule has 0 saturated carbocycles. The first-order valence-corrected chi connectivity index (χ1v) is 10.8. The van der Waals surface area contributed by atoms with E-state index >= 15 is 0 Å². The van der Waals surface area contributed by atoms with Crippen molar-refractivity contribution in [2.45, 2.75) is 45.8 Å². The number of aliphatic imine (C=N–C) groups is 1. The van der Waals surface area contributed by atoms with Gasteiger partial charge in [-0.15, -0.1) is 10.2 Å². The van der Waals surface area contributed by atoms with Crippen LogP contribution in [0, 0.1) is 6.92 Å². The van der Waals surface area contributed by atoms with Crippen LogP contribution in [0.15, 0.2) is 53.5 Å². The number of hydrogen-bond acceptors (Lipinski definition) is 4. The van der Waals surface area contributed by atoms with Gasteiger partial charge in [-0.05, 0) is 30.5 Å². The molecular formula is C24H30N6O. The van der Waals surface area contributed by atoms with Gasteiger partial charge in [-0.3, -0.25) is 0 Å². The Balaban J connectivity index is 1.55. The summed E-state index contributed by atoms with van der Waals surface area (Å²) in [4.78, 5) is 4.92. The lowest BCUT2D eigenvalue weighted by atomic mass is 10.0. The second kappa shape index (κ2) is 9.64. The number of para-hydroxylation sites is 1. The number of aromatic nitrogens is 3. The number of ether oxygens (including phenoxy) is 1. The normalized spacial score (nSPS) is 15.8. The fraction of sp³-hybridized carbons (Fsp3) is 0.375. The average molecular weight is 419 g/mol. The highest BCUT2D eigenvalue weighted by Gasteiger charge is 2.22. The smallest absolute Gasteiger partial charge is 0.192 e. The van der Waals surface area contributed by atoms with Crippen LogP contribution in [-0.2, 0) is 26.6 Å². The van der Waals surface area contributed by atoms with Crippen molar-refractivity contribution >= 4 is 5.96 Å². The van der Waals surface area contributed by atoms with Crippen molar-refractivity contribution in [2.75, 3.05) is 6.61 Å². The molecule has 0 spiro atoms. The lowest BCUT2D eigenvalue weighted by Gasteiger charge is -2.28. The molecule has 1 aliphatic rings. The molecule has 2 heterocycles. The fourth-order valence-electron chi connectivity index (χ4n) is 3.80. The highest BCUT2D eigenvalue weighted by molar-refractivity contribution is 5.80. The Hall–Kier alpha value is -3.35. The van der Waals surface area contributed by atoms with Crippen LogP contribution < -0.4 is 15.4 Å². The standard InChI is InChI=1S/C24H30N6O/c1-4-18-9-5-6-10-19(18)15-25-24(26-16-23-29-28-17(2)30(23)3)27-21-13-14-31-22-12-8-7-11-20(21)22/h5-12,21H,4,13-16H2,1-3H3,(H2,25,26,27). The molecule has 162 valence electrons. The first-order chi connectivity index (χ1) is 15.2. The lowest BCUT2D eigenvalue weighted by molar-refractivity contribution is 0.261. The molecule has 1 aromatic heterocycles. The molecule has 0 fully saturated rings. The van der Waals surface area contributed by atoms with Gasteiger partial charge in [0.2, 0.25) is 0 Å². The van der Waals surface area contributed by atoms with E-state index in [4.69, 9.17) is 9.73 Å². The van der Waals surface area contributed by atoms with E-state index in [1.165, 1.54) is 11.1 Å². The molecule has 7 heteroatoms. The van der Waals surface area contributed by atoms with Gasteiger partial charge < -0.3 is 19.9 Å². The van der Waals surface area contributed by atoms with Gasteiger partial charge in [-0.2, -0.15) is 0 Å². The van der Waals surface area contributed by atoms with Gasteiger partial charge in [0.05, 0.1) is 25.7 Å². The number of hydrogen-bond donors (Lipinski definition) is 2. The summed E-state index contributed by atoms with van der Waals surface area (Å²) < 4.78 is 7.81. The molecule has 1 atom stereocenters. The molecule has 1 unspecified atom stereocenters. The summed E-state index contributed by atoms with van der Waals surface area (Å²) in [5.74, 6) is 3.45. The first-order valence-electron chi connectivity index (χ1n) is 10.8. The summed E-state index contributed by atoms with van der Waals surface area (Å²) in [6, 6.07) is 16.8. The molecule has 7 nitrogen and oxygen atoms in total. The summed E-state index contributed by atoms with van der Waals surface area (Å²) in [6.07, 6.45) is 1.87. The third-order valence-electron chi connectivity index (χ3n) is 5.77. The number of guanidine groups is 1. The van der Waals surface area contributed by atoms with Crippen molar-refractivity contribution < 1.29 is 4.74 Å². The molecule has 0 aliphatic carbocycles. The average Bonchev–Trinajstić information content (AvgIpc) is 3.13. The van der Waals surface area contributed by atoms with Crippen molar-refractivity contribution in [3.63, 3.8) is 0 Å². The van der Waals surface area contributed by atoms with Gasteiger partial charge in [0.1, 0.15) is 11.6 Å². The predicted octanol–water partition coefficient (Wildman–Crippen LogP) is 3.45. The molecular weight excluding hydrogens is 388 g/mol. The molecule has 0 amide bonds. The zero-order chi connectivity index (χ0) is 21.6. The maximum atomic E-state index is 5.82. The first kappa shape index (κ1) is 20.9. The van der Waals surface area contributed by atoms with E-state index in [0.29, 0.717) is 19.7 Å². The Morgan fingerprint density at radius 3 is 2.68 bits per heavy atom. The summed E-state index contributed by atoms with van der Waals surface area (Å²) in [5.41, 5.74) is 3.73. The Labute approximate surface area is 183 Å². The number of nitrogens with one attached hydrogen (secondary N) is 2. The molecule has 0 bridgehead atoms. The Bertz CT molecular complexity index is 1060. The number of aryl methyl sites for hydroxylation is 2. The Morgan fingerprint density at radius 2 is 1.90 bits per heavy atom. The number of rotatable bonds is 6. The molecule has 0 radical (unpaired) electrons. The highest BCUT2D eigenvalue weighted by Crippen LogP contribution is 2.31. The minimum absolute atomic E-state index is 0.138. The minimum Gasteiger partial charge on any atom is -0.493 e. The van der Waals surface area contributed by atoms with Crippen LogP contribution in [0.1, 0.15) is 47.7 Å². The van der Waals surface area contributed by atoms with E-state index < -0.39 is 0 Å². The van der Waals surface area contributed by atoms with Gasteiger partial charge in [-0.1, -0.05) is 49.4 Å². The van der Waals surface area contributed by atoms with Gasteiger partial charge in [0.25, 0.3) is 0 Å². The predicted molar refractivity (Wildman–Crippen MR) is 122 cm³/mol. The van der Waals surface area contributed by atoms with Crippen LogP contribution in [-0.4, -0.2) is 27.3 Å². The number of benzene rings is 2. The minimum atomic E-state index is 0.138. The molecule has 2 N–H and O–H groups in total. The van der Waals surface area contributed by atoms with Crippen LogP contribution in [0.4, 0.5) is 0 Å². The van der Waals surface area contributed by atoms with Gasteiger partial charge in [0, 0.05) is 19.0 Å². The Kier molecular flexibility index (Phi) is 6.50. The largest absolute Gasteiger partial charge is 0.493 e. The van der Waals surface area contributed by atoms with Gasteiger partial charge in [-0.25, -0.2) is 4.99 Å². The lowest BCUT2D eigenvalue weighted by Crippen LogP contribution is -2.41. The zero-order valence-electron chi connectivity index (χ0n) is 18.4. The summed E-state index contributed by atoms with van der Waals surface area (Å²) in [6.45, 7) is 5.97. The van der Waals surface area contributed by atoms with Crippen molar-refractivity contribution in [1.82, 2.24) is 25.4 Å². The molecule has 0 saturated heterocycles. The SMILES string of the molecule is CCc1ccccc1CN=C(NCc1nnc(C)n1C)NC1CCOc2ccccc21. The van der Waals surface area contributed by atoms with Gasteiger partial charge in [0.15, 0.2) is 11.8 Å². The summed E-state index contributed by atoms with van der Waals surface area (Å²) >= 11 is 0. The quantitative estimate of drug-likeness (QED) is 0.474. The topological polar surface area (TPSA) is 76.4 Å². The number of nitrogens with zero attached hydrogens (tertiary/aromatic N) is 4. The summed E-state index contributed by atoms with van der Waals surface area (Å²) in [5, 5.41) is 15.5. The van der Waals surface area contributed by atoms with E-state index in [0.717, 1.165) is 41.8 Å². The summed E-state index contributed by atoms with van der Waals surface area (Å²) in [7, 11) is 1.98. The van der Waals surface area contributed by atoms with E-state index in [-0.39, 0.29) is 6.04 Å². The Morgan fingerprint density at radius 1 is 1.13 bits per heavy atom. The maximum absolute atomic E-state index is 5.82. The van der Waals surface area contributed by atoms with E-state index in [2.05, 4.69) is 58.1 Å². The van der Waals surface area contributed by atoms with Crippen LogP contribution in [0.25, 0.3) is 0 Å². The fourth-order valence-corrected chi connectivity index (χ4v) is 3.80. The molecule has 3 aromatic rings. The second-order valence-corrected chi connectivity index (χ2v) is 7.73. The second-order valence-electron chi connectivity index (χ2n) is 7.73. The van der Waals surface area contributed by atoms with Crippen molar-refractivity contribution in [3.8, 4) is 5.75 Å². The van der Waals surface area contributed by atoms with Crippen LogP contribution in [0.3, 0.4) is 0 Å². The van der Waals surface area contributed by atoms with Crippen molar-refractivity contribution in [3.05, 3.63) is 76.9 Å². The molecule has 2 aromatic carbocycles. The molecule has 31 heavy (non-hydrogen) atoms.